The van der Waals surface area contributed by atoms with Crippen LogP contribution in [-0.2, 0) is 12.8 Å². The molecule has 1 aliphatic carbocycles. The number of aromatic nitrogens is 4. The van der Waals surface area contributed by atoms with Crippen molar-refractivity contribution in [1.29, 1.82) is 0 Å². The quantitative estimate of drug-likeness (QED) is 0.530. The Kier molecular flexibility index (Phi) is 2.68. The second-order valence-corrected chi connectivity index (χ2v) is 7.42. The van der Waals surface area contributed by atoms with E-state index < -0.39 is 0 Å². The molecule has 0 saturated carbocycles. The van der Waals surface area contributed by atoms with Crippen LogP contribution in [0.25, 0.3) is 27.4 Å². The van der Waals surface area contributed by atoms with E-state index in [0.29, 0.717) is 11.6 Å². The van der Waals surface area contributed by atoms with Crippen molar-refractivity contribution in [2.45, 2.75) is 33.1 Å². The van der Waals surface area contributed by atoms with Gasteiger partial charge in [0.15, 0.2) is 11.4 Å². The molecule has 0 unspecified atom stereocenters. The van der Waals surface area contributed by atoms with Crippen molar-refractivity contribution in [3.63, 3.8) is 0 Å². The summed E-state index contributed by atoms with van der Waals surface area (Å²) in [6.45, 7) is 4.31. The number of nitrogens with zero attached hydrogens (tertiary/aromatic N) is 4. The minimum Gasteiger partial charge on any atom is -0.461 e. The van der Waals surface area contributed by atoms with Gasteiger partial charge in [-0.2, -0.15) is 4.52 Å². The zero-order chi connectivity index (χ0) is 15.6. The average molecular weight is 324 g/mol. The van der Waals surface area contributed by atoms with Crippen LogP contribution in [-0.4, -0.2) is 19.6 Å². The molecule has 0 aromatic carbocycles. The van der Waals surface area contributed by atoms with E-state index >= 15 is 0 Å². The number of fused-ring (bicyclic) bond motifs is 5. The first-order valence-electron chi connectivity index (χ1n) is 7.92. The molecule has 4 aromatic rings. The van der Waals surface area contributed by atoms with Gasteiger partial charge >= 0.3 is 0 Å². The molecular weight excluding hydrogens is 308 g/mol. The van der Waals surface area contributed by atoms with Gasteiger partial charge in [-0.1, -0.05) is 6.92 Å². The molecule has 23 heavy (non-hydrogen) atoms. The predicted octanol–water partition coefficient (Wildman–Crippen LogP) is 4.03. The zero-order valence-corrected chi connectivity index (χ0v) is 13.9. The van der Waals surface area contributed by atoms with Gasteiger partial charge in [0, 0.05) is 4.88 Å². The molecule has 1 atom stereocenters. The fraction of sp³-hybridized carbons (Fsp3) is 0.353. The molecule has 0 fully saturated rings. The lowest BCUT2D eigenvalue weighted by atomic mass is 9.89. The summed E-state index contributed by atoms with van der Waals surface area (Å²) in [4.78, 5) is 12.1. The highest BCUT2D eigenvalue weighted by molar-refractivity contribution is 7.19. The van der Waals surface area contributed by atoms with E-state index in [1.807, 2.05) is 34.9 Å². The monoisotopic (exact) mass is 324 g/mol. The van der Waals surface area contributed by atoms with E-state index in [1.165, 1.54) is 22.2 Å². The van der Waals surface area contributed by atoms with E-state index in [-0.39, 0.29) is 0 Å². The molecule has 0 radical (unpaired) electrons. The minimum absolute atomic E-state index is 0.622. The highest BCUT2D eigenvalue weighted by Crippen LogP contribution is 2.39. The van der Waals surface area contributed by atoms with Gasteiger partial charge in [-0.25, -0.2) is 9.97 Å². The van der Waals surface area contributed by atoms with Crippen LogP contribution in [0.5, 0.6) is 0 Å². The highest BCUT2D eigenvalue weighted by Gasteiger charge is 2.24. The largest absolute Gasteiger partial charge is 0.461 e. The maximum Gasteiger partial charge on any atom is 0.217 e. The van der Waals surface area contributed by atoms with Crippen LogP contribution < -0.4 is 0 Å². The smallest absolute Gasteiger partial charge is 0.217 e. The molecule has 0 aliphatic heterocycles. The Labute approximate surface area is 137 Å². The molecule has 5 rings (SSSR count). The minimum atomic E-state index is 0.622. The van der Waals surface area contributed by atoms with E-state index in [4.69, 9.17) is 14.4 Å². The summed E-state index contributed by atoms with van der Waals surface area (Å²) < 4.78 is 7.31. The SMILES string of the molecule is Cc1nc2sc3c(c2c2nc(-c4ccco4)nn12)CC[C@H](C)C3. The lowest BCUT2D eigenvalue weighted by Crippen LogP contribution is -2.08. The maximum absolute atomic E-state index is 5.45. The maximum atomic E-state index is 5.45. The fourth-order valence-electron chi connectivity index (χ4n) is 3.45. The first kappa shape index (κ1) is 13.2. The molecule has 5 nitrogen and oxygen atoms in total. The number of aryl methyl sites for hydroxylation is 2. The molecule has 0 bridgehead atoms. The first-order valence-corrected chi connectivity index (χ1v) is 8.74. The number of hydrogen-bond donors (Lipinski definition) is 0. The average Bonchev–Trinajstić information content (AvgIpc) is 3.23. The molecule has 1 aliphatic rings. The third-order valence-corrected chi connectivity index (χ3v) is 5.78. The number of thiophene rings is 1. The van der Waals surface area contributed by atoms with Crippen molar-refractivity contribution in [3.8, 4) is 11.6 Å². The zero-order valence-electron chi connectivity index (χ0n) is 13.0. The summed E-state index contributed by atoms with van der Waals surface area (Å²) in [6.07, 6.45) is 5.15. The Balaban J connectivity index is 1.84. The lowest BCUT2D eigenvalue weighted by Gasteiger charge is -2.17. The summed E-state index contributed by atoms with van der Waals surface area (Å²) >= 11 is 1.82. The highest BCUT2D eigenvalue weighted by atomic mass is 32.1. The van der Waals surface area contributed by atoms with Gasteiger partial charge in [0.05, 0.1) is 11.6 Å². The Morgan fingerprint density at radius 1 is 1.35 bits per heavy atom. The first-order chi connectivity index (χ1) is 11.2. The molecule has 4 heterocycles. The van der Waals surface area contributed by atoms with E-state index in [9.17, 15) is 0 Å². The van der Waals surface area contributed by atoms with Gasteiger partial charge in [0.25, 0.3) is 0 Å². The van der Waals surface area contributed by atoms with Crippen molar-refractivity contribution >= 4 is 27.2 Å². The lowest BCUT2D eigenvalue weighted by molar-refractivity contribution is 0.509. The van der Waals surface area contributed by atoms with Gasteiger partial charge in [0.1, 0.15) is 10.7 Å². The van der Waals surface area contributed by atoms with Crippen LogP contribution in [0.15, 0.2) is 22.8 Å². The van der Waals surface area contributed by atoms with Crippen molar-refractivity contribution in [1.82, 2.24) is 19.6 Å². The second kappa shape index (κ2) is 4.64. The number of hydrogen-bond acceptors (Lipinski definition) is 5. The van der Waals surface area contributed by atoms with E-state index in [1.54, 1.807) is 6.26 Å². The number of furan rings is 1. The van der Waals surface area contributed by atoms with Crippen molar-refractivity contribution in [2.75, 3.05) is 0 Å². The summed E-state index contributed by atoms with van der Waals surface area (Å²) in [7, 11) is 0. The molecule has 116 valence electrons. The summed E-state index contributed by atoms with van der Waals surface area (Å²) in [6, 6.07) is 3.75. The number of rotatable bonds is 1. The Morgan fingerprint density at radius 3 is 3.09 bits per heavy atom. The molecule has 0 spiro atoms. The molecule has 0 saturated heterocycles. The van der Waals surface area contributed by atoms with Gasteiger partial charge in [0.2, 0.25) is 5.82 Å². The third-order valence-electron chi connectivity index (χ3n) is 4.64. The van der Waals surface area contributed by atoms with Crippen LogP contribution in [0.3, 0.4) is 0 Å². The Bertz CT molecular complexity index is 1030. The molecule has 0 N–H and O–H groups in total. The molecule has 0 amide bonds. The van der Waals surface area contributed by atoms with Gasteiger partial charge in [-0.15, -0.1) is 16.4 Å². The standard InChI is InChI=1S/C17H16N4OS/c1-9-5-6-11-13(8-9)23-17-14(11)16-19-15(12-4-3-7-22-12)20-21(16)10(2)18-17/h3-4,7,9H,5-6,8H2,1-2H3/t9-/m0/s1. The van der Waals surface area contributed by atoms with Crippen LogP contribution in [0.4, 0.5) is 0 Å². The summed E-state index contributed by atoms with van der Waals surface area (Å²) in [5.41, 5.74) is 2.34. The summed E-state index contributed by atoms with van der Waals surface area (Å²) in [5, 5.41) is 5.79. The van der Waals surface area contributed by atoms with Crippen LogP contribution >= 0.6 is 11.3 Å². The second-order valence-electron chi connectivity index (χ2n) is 6.34. The van der Waals surface area contributed by atoms with Crippen LogP contribution in [0.2, 0.25) is 0 Å². The summed E-state index contributed by atoms with van der Waals surface area (Å²) in [5.74, 6) is 2.93. The third kappa shape index (κ3) is 1.88. The van der Waals surface area contributed by atoms with Crippen LogP contribution in [0.1, 0.15) is 29.6 Å². The van der Waals surface area contributed by atoms with E-state index in [0.717, 1.165) is 35.1 Å². The molecular formula is C17H16N4OS. The Hall–Kier alpha value is -2.21. The molecule has 4 aromatic heterocycles. The van der Waals surface area contributed by atoms with Crippen molar-refractivity contribution in [3.05, 3.63) is 34.7 Å². The van der Waals surface area contributed by atoms with E-state index in [2.05, 4.69) is 12.0 Å². The molecule has 6 heteroatoms. The topological polar surface area (TPSA) is 56.2 Å². The van der Waals surface area contributed by atoms with Crippen molar-refractivity contribution < 1.29 is 4.42 Å². The van der Waals surface area contributed by atoms with Gasteiger partial charge in [-0.3, -0.25) is 0 Å². The normalized spacial score (nSPS) is 17.9. The predicted molar refractivity (Wildman–Crippen MR) is 89.8 cm³/mol. The Morgan fingerprint density at radius 2 is 2.26 bits per heavy atom. The fourth-order valence-corrected chi connectivity index (χ4v) is 4.87. The van der Waals surface area contributed by atoms with Crippen LogP contribution in [0, 0.1) is 12.8 Å². The van der Waals surface area contributed by atoms with Crippen molar-refractivity contribution in [2.24, 2.45) is 5.92 Å². The van der Waals surface area contributed by atoms with Gasteiger partial charge < -0.3 is 4.42 Å². The van der Waals surface area contributed by atoms with Gasteiger partial charge in [-0.05, 0) is 49.8 Å².